The summed E-state index contributed by atoms with van der Waals surface area (Å²) >= 11 is 0. The molecule has 0 spiro atoms. The Kier molecular flexibility index (Phi) is 8.46. The van der Waals surface area contributed by atoms with Crippen LogP contribution in [0.5, 0.6) is 11.5 Å². The largest absolute Gasteiger partial charge is 0.573 e. The standard InChI is InChI=1S/C13H19F3N2O2.ClH/c1-19-12-6-5-9(20-13(14,15)16)8-10(12)11(18)4-2-3-7-17;/h5-6,8,11H,2-4,7,17-18H2,1H3;1H/t11-;/m0./s1. The van der Waals surface area contributed by atoms with Gasteiger partial charge in [-0.15, -0.1) is 25.6 Å². The topological polar surface area (TPSA) is 70.5 Å². The lowest BCUT2D eigenvalue weighted by Gasteiger charge is -2.17. The third-order valence-corrected chi connectivity index (χ3v) is 2.80. The van der Waals surface area contributed by atoms with E-state index in [1.807, 2.05) is 0 Å². The third-order valence-electron chi connectivity index (χ3n) is 2.80. The van der Waals surface area contributed by atoms with Gasteiger partial charge in [-0.1, -0.05) is 6.42 Å². The summed E-state index contributed by atoms with van der Waals surface area (Å²) in [6.07, 6.45) is -2.50. The Morgan fingerprint density at radius 1 is 1.24 bits per heavy atom. The zero-order valence-electron chi connectivity index (χ0n) is 11.7. The molecule has 1 aromatic rings. The molecular formula is C13H20ClF3N2O2. The van der Waals surface area contributed by atoms with E-state index in [-0.39, 0.29) is 18.2 Å². The number of ether oxygens (including phenoxy) is 2. The minimum Gasteiger partial charge on any atom is -0.496 e. The second-order valence-corrected chi connectivity index (χ2v) is 4.34. The monoisotopic (exact) mass is 328 g/mol. The molecule has 122 valence electrons. The number of alkyl halides is 3. The molecule has 0 aliphatic heterocycles. The highest BCUT2D eigenvalue weighted by Gasteiger charge is 2.31. The first-order chi connectivity index (χ1) is 9.37. The first-order valence-electron chi connectivity index (χ1n) is 6.26. The van der Waals surface area contributed by atoms with Crippen LogP contribution in [0.25, 0.3) is 0 Å². The lowest BCUT2D eigenvalue weighted by molar-refractivity contribution is -0.274. The molecule has 0 amide bonds. The number of unbranched alkanes of at least 4 members (excludes halogenated alkanes) is 1. The number of nitrogens with two attached hydrogens (primary N) is 2. The number of benzene rings is 1. The molecule has 0 heterocycles. The number of halogens is 4. The van der Waals surface area contributed by atoms with Crippen molar-refractivity contribution in [3.05, 3.63) is 23.8 Å². The van der Waals surface area contributed by atoms with Gasteiger partial charge in [-0.3, -0.25) is 0 Å². The van der Waals surface area contributed by atoms with Crippen LogP contribution in [-0.4, -0.2) is 20.0 Å². The summed E-state index contributed by atoms with van der Waals surface area (Å²) in [5, 5.41) is 0. The molecule has 4 N–H and O–H groups in total. The van der Waals surface area contributed by atoms with Crippen LogP contribution in [0.3, 0.4) is 0 Å². The molecular weight excluding hydrogens is 309 g/mol. The minimum absolute atomic E-state index is 0. The van der Waals surface area contributed by atoms with Crippen LogP contribution < -0.4 is 20.9 Å². The van der Waals surface area contributed by atoms with Gasteiger partial charge in [0.05, 0.1) is 7.11 Å². The maximum absolute atomic E-state index is 12.2. The van der Waals surface area contributed by atoms with E-state index < -0.39 is 12.4 Å². The van der Waals surface area contributed by atoms with Crippen molar-refractivity contribution in [2.24, 2.45) is 11.5 Å². The molecule has 0 fully saturated rings. The van der Waals surface area contributed by atoms with Crippen molar-refractivity contribution in [1.29, 1.82) is 0 Å². The number of methoxy groups -OCH3 is 1. The Balaban J connectivity index is 0.00000400. The van der Waals surface area contributed by atoms with Gasteiger partial charge in [0.1, 0.15) is 11.5 Å². The van der Waals surface area contributed by atoms with E-state index in [1.54, 1.807) is 0 Å². The highest BCUT2D eigenvalue weighted by atomic mass is 35.5. The molecule has 0 bridgehead atoms. The maximum Gasteiger partial charge on any atom is 0.573 e. The van der Waals surface area contributed by atoms with Gasteiger partial charge in [0.25, 0.3) is 0 Å². The van der Waals surface area contributed by atoms with E-state index in [4.69, 9.17) is 16.2 Å². The normalized spacial score (nSPS) is 12.5. The average Bonchev–Trinajstić information content (AvgIpc) is 2.37. The van der Waals surface area contributed by atoms with Crippen molar-refractivity contribution in [3.8, 4) is 11.5 Å². The molecule has 0 aromatic heterocycles. The molecule has 1 rings (SSSR count). The van der Waals surface area contributed by atoms with E-state index in [0.29, 0.717) is 24.3 Å². The highest BCUT2D eigenvalue weighted by Crippen LogP contribution is 2.32. The smallest absolute Gasteiger partial charge is 0.496 e. The zero-order chi connectivity index (χ0) is 15.2. The Bertz CT molecular complexity index is 430. The SMILES string of the molecule is COc1ccc(OC(F)(F)F)cc1[C@@H](N)CCCCN.Cl. The number of rotatable bonds is 7. The highest BCUT2D eigenvalue weighted by molar-refractivity contribution is 5.85. The van der Waals surface area contributed by atoms with Gasteiger partial charge in [-0.05, 0) is 37.6 Å². The van der Waals surface area contributed by atoms with Crippen LogP contribution in [0.1, 0.15) is 30.9 Å². The van der Waals surface area contributed by atoms with Crippen molar-refractivity contribution < 1.29 is 22.6 Å². The molecule has 4 nitrogen and oxygen atoms in total. The number of hydrogen-bond donors (Lipinski definition) is 2. The Morgan fingerprint density at radius 3 is 2.43 bits per heavy atom. The zero-order valence-corrected chi connectivity index (χ0v) is 12.5. The number of hydrogen-bond acceptors (Lipinski definition) is 4. The lowest BCUT2D eigenvalue weighted by Crippen LogP contribution is -2.18. The summed E-state index contributed by atoms with van der Waals surface area (Å²) in [6.45, 7) is 0.557. The molecule has 0 aliphatic carbocycles. The van der Waals surface area contributed by atoms with E-state index in [9.17, 15) is 13.2 Å². The Labute approximate surface area is 128 Å². The molecule has 0 unspecified atom stereocenters. The summed E-state index contributed by atoms with van der Waals surface area (Å²) < 4.78 is 45.6. The van der Waals surface area contributed by atoms with Gasteiger partial charge < -0.3 is 20.9 Å². The van der Waals surface area contributed by atoms with E-state index >= 15 is 0 Å². The fourth-order valence-corrected chi connectivity index (χ4v) is 1.86. The maximum atomic E-state index is 12.2. The fraction of sp³-hybridized carbons (Fsp3) is 0.538. The summed E-state index contributed by atoms with van der Waals surface area (Å²) in [5.74, 6) is 0.141. The fourth-order valence-electron chi connectivity index (χ4n) is 1.86. The molecule has 0 radical (unpaired) electrons. The van der Waals surface area contributed by atoms with Gasteiger partial charge in [0, 0.05) is 11.6 Å². The molecule has 0 saturated heterocycles. The van der Waals surface area contributed by atoms with Gasteiger partial charge >= 0.3 is 6.36 Å². The Morgan fingerprint density at radius 2 is 1.90 bits per heavy atom. The van der Waals surface area contributed by atoms with Gasteiger partial charge in [0.15, 0.2) is 0 Å². The van der Waals surface area contributed by atoms with Crippen LogP contribution in [0.4, 0.5) is 13.2 Å². The van der Waals surface area contributed by atoms with Crippen LogP contribution in [0.15, 0.2) is 18.2 Å². The predicted molar refractivity (Wildman–Crippen MR) is 76.8 cm³/mol. The summed E-state index contributed by atoms with van der Waals surface area (Å²) in [5.41, 5.74) is 11.9. The first-order valence-corrected chi connectivity index (χ1v) is 6.26. The minimum atomic E-state index is -4.73. The van der Waals surface area contributed by atoms with Crippen molar-refractivity contribution in [2.75, 3.05) is 13.7 Å². The predicted octanol–water partition coefficient (Wildman–Crippen LogP) is 3.14. The van der Waals surface area contributed by atoms with Gasteiger partial charge in [0.2, 0.25) is 0 Å². The lowest BCUT2D eigenvalue weighted by atomic mass is 10.0. The summed E-state index contributed by atoms with van der Waals surface area (Å²) in [6, 6.07) is 3.45. The molecule has 21 heavy (non-hydrogen) atoms. The van der Waals surface area contributed by atoms with Gasteiger partial charge in [-0.2, -0.15) is 0 Å². The van der Waals surface area contributed by atoms with Crippen LogP contribution >= 0.6 is 12.4 Å². The van der Waals surface area contributed by atoms with Crippen molar-refractivity contribution in [1.82, 2.24) is 0 Å². The van der Waals surface area contributed by atoms with Crippen LogP contribution in [0.2, 0.25) is 0 Å². The summed E-state index contributed by atoms with van der Waals surface area (Å²) in [4.78, 5) is 0. The van der Waals surface area contributed by atoms with Gasteiger partial charge in [-0.25, -0.2) is 0 Å². The molecule has 1 aromatic carbocycles. The summed E-state index contributed by atoms with van der Waals surface area (Å²) in [7, 11) is 1.44. The second kappa shape index (κ2) is 8.96. The Hall–Kier alpha value is -1.18. The second-order valence-electron chi connectivity index (χ2n) is 4.34. The molecule has 8 heteroatoms. The van der Waals surface area contributed by atoms with E-state index in [1.165, 1.54) is 25.3 Å². The van der Waals surface area contributed by atoms with E-state index in [2.05, 4.69) is 4.74 Å². The quantitative estimate of drug-likeness (QED) is 0.754. The van der Waals surface area contributed by atoms with Crippen molar-refractivity contribution >= 4 is 12.4 Å². The third kappa shape index (κ3) is 6.88. The van der Waals surface area contributed by atoms with Crippen molar-refractivity contribution in [3.63, 3.8) is 0 Å². The first kappa shape index (κ1) is 19.8. The average molecular weight is 329 g/mol. The van der Waals surface area contributed by atoms with Crippen LogP contribution in [-0.2, 0) is 0 Å². The van der Waals surface area contributed by atoms with E-state index in [0.717, 1.165) is 12.8 Å². The van der Waals surface area contributed by atoms with Crippen molar-refractivity contribution in [2.45, 2.75) is 31.7 Å². The van der Waals surface area contributed by atoms with Crippen LogP contribution in [0, 0.1) is 0 Å². The molecule has 0 saturated carbocycles. The molecule has 0 aliphatic rings. The molecule has 1 atom stereocenters.